The molecule has 4 rings (SSSR count). The van der Waals surface area contributed by atoms with Gasteiger partial charge in [-0.1, -0.05) is 0 Å². The Labute approximate surface area is 159 Å². The Kier molecular flexibility index (Phi) is 4.52. The van der Waals surface area contributed by atoms with E-state index < -0.39 is 11.0 Å². The molecule has 10 heteroatoms. The normalized spacial score (nSPS) is 14.3. The summed E-state index contributed by atoms with van der Waals surface area (Å²) in [5, 5.41) is 10.7. The van der Waals surface area contributed by atoms with Gasteiger partial charge in [0, 0.05) is 44.0 Å². The molecule has 0 unspecified atom stereocenters. The number of nitro groups is 1. The summed E-state index contributed by atoms with van der Waals surface area (Å²) in [5.41, 5.74) is 2.00. The lowest BCUT2D eigenvalue weighted by Crippen LogP contribution is -2.49. The van der Waals surface area contributed by atoms with Crippen molar-refractivity contribution >= 4 is 29.0 Å². The number of piperazine rings is 1. The zero-order valence-electron chi connectivity index (χ0n) is 15.1. The summed E-state index contributed by atoms with van der Waals surface area (Å²) in [6.07, 6.45) is -0.497. The second kappa shape index (κ2) is 7.14. The molecule has 10 nitrogen and oxygen atoms in total. The van der Waals surface area contributed by atoms with Crippen LogP contribution in [0.1, 0.15) is 5.69 Å². The van der Waals surface area contributed by atoms with Crippen LogP contribution in [0.25, 0.3) is 11.2 Å². The minimum atomic E-state index is -0.506. The van der Waals surface area contributed by atoms with E-state index >= 15 is 0 Å². The summed E-state index contributed by atoms with van der Waals surface area (Å²) in [4.78, 5) is 34.8. The number of amides is 1. The minimum Gasteiger partial charge on any atom is -0.422 e. The number of nitro benzene ring substituents is 1. The van der Waals surface area contributed by atoms with Crippen LogP contribution in [0.5, 0.6) is 5.75 Å². The molecule has 0 radical (unpaired) electrons. The molecule has 1 saturated heterocycles. The van der Waals surface area contributed by atoms with Gasteiger partial charge in [0.05, 0.1) is 4.92 Å². The van der Waals surface area contributed by atoms with Crippen LogP contribution in [-0.4, -0.2) is 52.1 Å². The largest absolute Gasteiger partial charge is 0.422 e. The Morgan fingerprint density at radius 2 is 1.82 bits per heavy atom. The Morgan fingerprint density at radius 1 is 1.11 bits per heavy atom. The van der Waals surface area contributed by atoms with E-state index in [1.807, 2.05) is 24.0 Å². The Hall–Kier alpha value is -3.69. The number of non-ortho nitro benzene ring substituents is 1. The van der Waals surface area contributed by atoms with Crippen LogP contribution < -0.4 is 9.64 Å². The van der Waals surface area contributed by atoms with Crippen molar-refractivity contribution in [2.75, 3.05) is 31.1 Å². The quantitative estimate of drug-likeness (QED) is 0.501. The highest BCUT2D eigenvalue weighted by Crippen LogP contribution is 2.23. The first-order chi connectivity index (χ1) is 13.5. The number of carbonyl (C=O) groups is 1. The van der Waals surface area contributed by atoms with E-state index in [0.717, 1.165) is 5.69 Å². The van der Waals surface area contributed by atoms with Crippen molar-refractivity contribution in [2.24, 2.45) is 0 Å². The van der Waals surface area contributed by atoms with Gasteiger partial charge in [-0.05, 0) is 31.2 Å². The predicted molar refractivity (Wildman–Crippen MR) is 99.4 cm³/mol. The fourth-order valence-corrected chi connectivity index (χ4v) is 2.92. The maximum Gasteiger partial charge on any atom is 0.415 e. The van der Waals surface area contributed by atoms with Crippen molar-refractivity contribution in [2.45, 2.75) is 6.92 Å². The summed E-state index contributed by atoms with van der Waals surface area (Å²) in [6, 6.07) is 9.58. The third-order valence-corrected chi connectivity index (χ3v) is 4.44. The monoisotopic (exact) mass is 383 g/mol. The van der Waals surface area contributed by atoms with Crippen LogP contribution in [0.2, 0.25) is 0 Å². The summed E-state index contributed by atoms with van der Waals surface area (Å²) in [7, 11) is 0. The smallest absolute Gasteiger partial charge is 0.415 e. The first kappa shape index (κ1) is 17.7. The molecule has 0 bridgehead atoms. The number of carbonyl (C=O) groups excluding carboxylic acids is 1. The molecule has 0 saturated carbocycles. The molecule has 144 valence electrons. The fourth-order valence-electron chi connectivity index (χ4n) is 2.92. The Morgan fingerprint density at radius 3 is 2.50 bits per heavy atom. The number of benzene rings is 1. The molecule has 3 heterocycles. The molecule has 0 spiro atoms. The average Bonchev–Trinajstić information content (AvgIpc) is 3.11. The minimum absolute atomic E-state index is 0.0589. The van der Waals surface area contributed by atoms with Crippen molar-refractivity contribution in [3.63, 3.8) is 0 Å². The van der Waals surface area contributed by atoms with Crippen LogP contribution in [0.15, 0.2) is 40.8 Å². The number of hydrogen-bond donors (Lipinski definition) is 0. The first-order valence-electron chi connectivity index (χ1n) is 8.70. The van der Waals surface area contributed by atoms with Crippen LogP contribution in [0.4, 0.5) is 16.5 Å². The molecule has 0 atom stereocenters. The van der Waals surface area contributed by atoms with Crippen LogP contribution in [0.3, 0.4) is 0 Å². The Bertz CT molecular complexity index is 1020. The number of rotatable bonds is 3. The average molecular weight is 383 g/mol. The molecular formula is C18H17N5O5. The highest BCUT2D eigenvalue weighted by molar-refractivity contribution is 5.72. The lowest BCUT2D eigenvalue weighted by Gasteiger charge is -2.32. The van der Waals surface area contributed by atoms with E-state index in [-0.39, 0.29) is 11.4 Å². The highest BCUT2D eigenvalue weighted by Gasteiger charge is 2.25. The molecule has 0 aliphatic carbocycles. The number of anilines is 1. The van der Waals surface area contributed by atoms with Gasteiger partial charge in [0.2, 0.25) is 5.65 Å². The maximum absolute atomic E-state index is 12.3. The molecule has 0 N–H and O–H groups in total. The fraction of sp³-hybridized carbons (Fsp3) is 0.278. The van der Waals surface area contributed by atoms with E-state index in [2.05, 4.69) is 9.97 Å². The van der Waals surface area contributed by atoms with E-state index in [1.165, 1.54) is 24.3 Å². The van der Waals surface area contributed by atoms with Gasteiger partial charge < -0.3 is 19.0 Å². The zero-order valence-corrected chi connectivity index (χ0v) is 15.1. The van der Waals surface area contributed by atoms with E-state index in [9.17, 15) is 14.9 Å². The van der Waals surface area contributed by atoms with Crippen molar-refractivity contribution in [1.29, 1.82) is 0 Å². The molecular weight excluding hydrogens is 366 g/mol. The lowest BCUT2D eigenvalue weighted by atomic mass is 10.3. The molecule has 1 aliphatic heterocycles. The van der Waals surface area contributed by atoms with Crippen molar-refractivity contribution in [1.82, 2.24) is 14.9 Å². The maximum atomic E-state index is 12.3. The van der Waals surface area contributed by atoms with Crippen LogP contribution in [0, 0.1) is 17.0 Å². The van der Waals surface area contributed by atoms with E-state index in [4.69, 9.17) is 9.15 Å². The summed E-state index contributed by atoms with van der Waals surface area (Å²) in [5.74, 6) is 0.262. The molecule has 2 aromatic heterocycles. The number of oxazole rings is 1. The second-order valence-corrected chi connectivity index (χ2v) is 6.36. The van der Waals surface area contributed by atoms with Gasteiger partial charge in [0.25, 0.3) is 11.7 Å². The number of aryl methyl sites for hydroxylation is 1. The van der Waals surface area contributed by atoms with E-state index in [1.54, 1.807) is 4.90 Å². The van der Waals surface area contributed by atoms with Gasteiger partial charge in [-0.3, -0.25) is 10.1 Å². The molecule has 1 aromatic carbocycles. The third kappa shape index (κ3) is 3.56. The first-order valence-corrected chi connectivity index (χ1v) is 8.70. The number of fused-ring (bicyclic) bond motifs is 1. The number of aromatic nitrogens is 2. The van der Waals surface area contributed by atoms with Crippen LogP contribution >= 0.6 is 0 Å². The van der Waals surface area contributed by atoms with Crippen molar-refractivity contribution < 1.29 is 18.9 Å². The predicted octanol–water partition coefficient (Wildman–Crippen LogP) is 2.76. The summed E-state index contributed by atoms with van der Waals surface area (Å²) >= 11 is 0. The van der Waals surface area contributed by atoms with Gasteiger partial charge >= 0.3 is 6.09 Å². The number of hydrogen-bond acceptors (Lipinski definition) is 8. The van der Waals surface area contributed by atoms with Gasteiger partial charge in [-0.15, -0.1) is 0 Å². The molecule has 3 aromatic rings. The second-order valence-electron chi connectivity index (χ2n) is 6.36. The Balaban J connectivity index is 1.36. The summed E-state index contributed by atoms with van der Waals surface area (Å²) in [6.45, 7) is 3.86. The van der Waals surface area contributed by atoms with Crippen LogP contribution in [-0.2, 0) is 0 Å². The van der Waals surface area contributed by atoms with Crippen molar-refractivity contribution in [3.05, 3.63) is 52.2 Å². The summed E-state index contributed by atoms with van der Waals surface area (Å²) < 4.78 is 11.0. The van der Waals surface area contributed by atoms with E-state index in [0.29, 0.717) is 43.4 Å². The molecule has 1 aliphatic rings. The molecule has 1 amide bonds. The van der Waals surface area contributed by atoms with Gasteiger partial charge in [-0.2, -0.15) is 4.98 Å². The topological polar surface area (TPSA) is 115 Å². The molecule has 28 heavy (non-hydrogen) atoms. The lowest BCUT2D eigenvalue weighted by molar-refractivity contribution is -0.384. The van der Waals surface area contributed by atoms with Gasteiger partial charge in [0.15, 0.2) is 5.58 Å². The number of ether oxygens (including phenoxy) is 1. The highest BCUT2D eigenvalue weighted by atomic mass is 16.6. The number of nitrogens with zero attached hydrogens (tertiary/aromatic N) is 5. The van der Waals surface area contributed by atoms with Crippen molar-refractivity contribution in [3.8, 4) is 5.75 Å². The third-order valence-electron chi connectivity index (χ3n) is 4.44. The van der Waals surface area contributed by atoms with Gasteiger partial charge in [0.1, 0.15) is 5.75 Å². The van der Waals surface area contributed by atoms with Gasteiger partial charge in [-0.25, -0.2) is 9.78 Å². The standard InChI is InChI=1S/C18H17N5O5/c1-12-2-7-15-16(19-12)20-17(28-15)21-8-10-22(11-9-21)18(24)27-14-5-3-13(4-6-14)23(25)26/h2-7H,8-11H2,1H3. The molecule has 1 fully saturated rings. The SMILES string of the molecule is Cc1ccc2oc(N3CCN(C(=O)Oc4ccc([N+](=O)[O-])cc4)CC3)nc2n1. The zero-order chi connectivity index (χ0) is 19.7. The number of pyridine rings is 1.